The molecule has 2 unspecified atom stereocenters. The van der Waals surface area contributed by atoms with E-state index in [0.717, 1.165) is 19.9 Å². The van der Waals surface area contributed by atoms with Crippen molar-refractivity contribution in [2.75, 3.05) is 0 Å². The number of hydrogen-bond donors (Lipinski definition) is 1. The fraction of sp³-hybridized carbons (Fsp3) is 0.286. The van der Waals surface area contributed by atoms with Gasteiger partial charge in [0.25, 0.3) is 0 Å². The number of halogens is 2. The molecule has 0 fully saturated rings. The third kappa shape index (κ3) is 4.29. The van der Waals surface area contributed by atoms with E-state index in [9.17, 15) is 0 Å². The van der Waals surface area contributed by atoms with Crippen LogP contribution in [-0.2, 0) is 11.3 Å². The molecule has 5 heteroatoms. The molecule has 0 spiro atoms. The van der Waals surface area contributed by atoms with Crippen molar-refractivity contribution in [3.63, 3.8) is 0 Å². The van der Waals surface area contributed by atoms with Crippen LogP contribution in [0.25, 0.3) is 0 Å². The zero-order valence-electron chi connectivity index (χ0n) is 10.5. The maximum Gasteiger partial charge on any atom is 0.107 e. The topological polar surface area (TPSA) is 35.2 Å². The second-order valence-electron chi connectivity index (χ2n) is 4.39. The summed E-state index contributed by atoms with van der Waals surface area (Å²) in [5, 5.41) is 2.75. The highest BCUT2D eigenvalue weighted by molar-refractivity contribution is 9.10. The summed E-state index contributed by atoms with van der Waals surface area (Å²) in [5.74, 6) is 0. The van der Waals surface area contributed by atoms with Gasteiger partial charge in [-0.25, -0.2) is 0 Å². The standard InChI is InChI=1S/C14H15BrClNOS/c1-9(17)14(13-6-11(15)8-19-13)18-7-10-3-2-4-12(16)5-10/h2-6,8-9,14H,7,17H2,1H3. The average molecular weight is 361 g/mol. The Hall–Kier alpha value is -0.390. The van der Waals surface area contributed by atoms with Gasteiger partial charge in [-0.2, -0.15) is 0 Å². The Balaban J connectivity index is 2.06. The van der Waals surface area contributed by atoms with E-state index < -0.39 is 0 Å². The van der Waals surface area contributed by atoms with Crippen LogP contribution in [-0.4, -0.2) is 6.04 Å². The minimum atomic E-state index is -0.102. The van der Waals surface area contributed by atoms with E-state index in [2.05, 4.69) is 22.0 Å². The molecule has 2 rings (SSSR count). The van der Waals surface area contributed by atoms with Gasteiger partial charge in [-0.1, -0.05) is 23.7 Å². The maximum absolute atomic E-state index is 6.01. The molecule has 0 aliphatic carbocycles. The van der Waals surface area contributed by atoms with Crippen LogP contribution in [0, 0.1) is 0 Å². The van der Waals surface area contributed by atoms with Crippen molar-refractivity contribution < 1.29 is 4.74 Å². The highest BCUT2D eigenvalue weighted by Crippen LogP contribution is 2.30. The highest BCUT2D eigenvalue weighted by Gasteiger charge is 2.19. The van der Waals surface area contributed by atoms with Gasteiger partial charge in [-0.15, -0.1) is 11.3 Å². The summed E-state index contributed by atoms with van der Waals surface area (Å²) in [6.07, 6.45) is -0.102. The minimum absolute atomic E-state index is 0.0651. The average Bonchev–Trinajstić information content (AvgIpc) is 2.76. The summed E-state index contributed by atoms with van der Waals surface area (Å²) in [6, 6.07) is 9.66. The third-order valence-electron chi connectivity index (χ3n) is 2.66. The van der Waals surface area contributed by atoms with E-state index in [0.29, 0.717) is 6.61 Å². The van der Waals surface area contributed by atoms with Crippen LogP contribution in [0.2, 0.25) is 5.02 Å². The van der Waals surface area contributed by atoms with Gasteiger partial charge in [0.1, 0.15) is 6.10 Å². The molecule has 0 bridgehead atoms. The normalized spacial score (nSPS) is 14.3. The third-order valence-corrected chi connectivity index (χ3v) is 4.65. The number of thiophene rings is 1. The van der Waals surface area contributed by atoms with Gasteiger partial charge in [-0.05, 0) is 46.6 Å². The van der Waals surface area contributed by atoms with Crippen LogP contribution < -0.4 is 5.73 Å². The molecule has 0 amide bonds. The van der Waals surface area contributed by atoms with Gasteiger partial charge in [0.2, 0.25) is 0 Å². The molecule has 102 valence electrons. The van der Waals surface area contributed by atoms with Crippen molar-refractivity contribution in [2.24, 2.45) is 5.73 Å². The van der Waals surface area contributed by atoms with Crippen LogP contribution in [0.15, 0.2) is 40.2 Å². The summed E-state index contributed by atoms with van der Waals surface area (Å²) in [7, 11) is 0. The van der Waals surface area contributed by atoms with Crippen LogP contribution >= 0.6 is 38.9 Å². The molecule has 1 aromatic carbocycles. The lowest BCUT2D eigenvalue weighted by atomic mass is 10.1. The van der Waals surface area contributed by atoms with Crippen LogP contribution in [0.3, 0.4) is 0 Å². The van der Waals surface area contributed by atoms with Crippen molar-refractivity contribution in [2.45, 2.75) is 25.7 Å². The Labute approximate surface area is 130 Å². The molecular weight excluding hydrogens is 346 g/mol. The van der Waals surface area contributed by atoms with Gasteiger partial charge >= 0.3 is 0 Å². The summed E-state index contributed by atoms with van der Waals surface area (Å²) in [5.41, 5.74) is 7.06. The van der Waals surface area contributed by atoms with Crippen molar-refractivity contribution in [3.8, 4) is 0 Å². The Morgan fingerprint density at radius 1 is 1.42 bits per heavy atom. The van der Waals surface area contributed by atoms with Crippen LogP contribution in [0.5, 0.6) is 0 Å². The highest BCUT2D eigenvalue weighted by atomic mass is 79.9. The first-order chi connectivity index (χ1) is 9.06. The summed E-state index contributed by atoms with van der Waals surface area (Å²) >= 11 is 11.1. The molecule has 1 heterocycles. The van der Waals surface area contributed by atoms with Crippen molar-refractivity contribution in [3.05, 3.63) is 55.6 Å². The zero-order chi connectivity index (χ0) is 13.8. The molecule has 0 aliphatic rings. The molecule has 0 saturated carbocycles. The molecule has 2 N–H and O–H groups in total. The fourth-order valence-corrected chi connectivity index (χ4v) is 3.60. The summed E-state index contributed by atoms with van der Waals surface area (Å²) in [6.45, 7) is 2.46. The van der Waals surface area contributed by atoms with Crippen molar-refractivity contribution in [1.82, 2.24) is 0 Å². The predicted molar refractivity (Wildman–Crippen MR) is 84.7 cm³/mol. The predicted octanol–water partition coefficient (Wildman–Crippen LogP) is 4.77. The largest absolute Gasteiger partial charge is 0.366 e. The first-order valence-corrected chi connectivity index (χ1v) is 7.97. The van der Waals surface area contributed by atoms with E-state index in [1.165, 1.54) is 0 Å². The van der Waals surface area contributed by atoms with Gasteiger partial charge < -0.3 is 10.5 Å². The lowest BCUT2D eigenvalue weighted by Crippen LogP contribution is -2.26. The van der Waals surface area contributed by atoms with E-state index >= 15 is 0 Å². The van der Waals surface area contributed by atoms with E-state index in [1.807, 2.05) is 36.6 Å². The molecule has 0 aliphatic heterocycles. The molecule has 0 radical (unpaired) electrons. The maximum atomic E-state index is 6.01. The summed E-state index contributed by atoms with van der Waals surface area (Å²) < 4.78 is 7.01. The van der Waals surface area contributed by atoms with Gasteiger partial charge in [0.05, 0.1) is 6.61 Å². The lowest BCUT2D eigenvalue weighted by Gasteiger charge is -2.20. The molecule has 19 heavy (non-hydrogen) atoms. The monoisotopic (exact) mass is 359 g/mol. The zero-order valence-corrected chi connectivity index (χ0v) is 13.6. The second kappa shape index (κ2) is 6.86. The summed E-state index contributed by atoms with van der Waals surface area (Å²) in [4.78, 5) is 1.13. The first kappa shape index (κ1) is 15.0. The molecule has 2 atom stereocenters. The van der Waals surface area contributed by atoms with Crippen molar-refractivity contribution in [1.29, 1.82) is 0 Å². The smallest absolute Gasteiger partial charge is 0.107 e. The van der Waals surface area contributed by atoms with E-state index in [1.54, 1.807) is 11.3 Å². The first-order valence-electron chi connectivity index (χ1n) is 5.92. The van der Waals surface area contributed by atoms with E-state index in [4.69, 9.17) is 22.1 Å². The Bertz CT molecular complexity index is 544. The van der Waals surface area contributed by atoms with Crippen LogP contribution in [0.4, 0.5) is 0 Å². The van der Waals surface area contributed by atoms with Crippen molar-refractivity contribution >= 4 is 38.9 Å². The molecule has 0 saturated heterocycles. The number of rotatable bonds is 5. The molecule has 2 aromatic rings. The number of nitrogens with two attached hydrogens (primary N) is 1. The number of hydrogen-bond acceptors (Lipinski definition) is 3. The fourth-order valence-electron chi connectivity index (χ4n) is 1.78. The van der Waals surface area contributed by atoms with Gasteiger partial charge in [0.15, 0.2) is 0 Å². The lowest BCUT2D eigenvalue weighted by molar-refractivity contribution is 0.0282. The van der Waals surface area contributed by atoms with Crippen LogP contribution in [0.1, 0.15) is 23.5 Å². The second-order valence-corrected chi connectivity index (χ2v) is 6.68. The molecule has 2 nitrogen and oxygen atoms in total. The Kier molecular flexibility index (Phi) is 5.42. The Morgan fingerprint density at radius 3 is 2.79 bits per heavy atom. The quantitative estimate of drug-likeness (QED) is 0.833. The number of ether oxygens (including phenoxy) is 1. The van der Waals surface area contributed by atoms with Gasteiger partial charge in [-0.3, -0.25) is 0 Å². The SMILES string of the molecule is CC(N)C(OCc1cccc(Cl)c1)c1cc(Br)cs1. The Morgan fingerprint density at radius 2 is 2.21 bits per heavy atom. The van der Waals surface area contributed by atoms with Gasteiger partial charge in [0, 0.05) is 25.8 Å². The molecule has 1 aromatic heterocycles. The number of benzene rings is 1. The van der Waals surface area contributed by atoms with E-state index in [-0.39, 0.29) is 12.1 Å². The minimum Gasteiger partial charge on any atom is -0.366 e. The molecular formula is C14H15BrClNOS.